The Hall–Kier alpha value is -2.12. The van der Waals surface area contributed by atoms with Gasteiger partial charge in [-0.3, -0.25) is 19.3 Å². The molecule has 1 heterocycles. The molecule has 25 heavy (non-hydrogen) atoms. The highest BCUT2D eigenvalue weighted by molar-refractivity contribution is 6.07. The van der Waals surface area contributed by atoms with E-state index < -0.39 is 11.6 Å². The lowest BCUT2D eigenvalue weighted by Gasteiger charge is -2.20. The van der Waals surface area contributed by atoms with Gasteiger partial charge >= 0.3 is 6.03 Å². The van der Waals surface area contributed by atoms with Crippen molar-refractivity contribution in [2.45, 2.75) is 70.4 Å². The maximum absolute atomic E-state index is 12.5. The van der Waals surface area contributed by atoms with Crippen LogP contribution in [-0.2, 0) is 14.4 Å². The number of hydrogen-bond donors (Lipinski definition) is 3. The summed E-state index contributed by atoms with van der Waals surface area (Å²) in [5, 5.41) is 8.17. The van der Waals surface area contributed by atoms with E-state index in [0.717, 1.165) is 19.3 Å². The Bertz CT molecular complexity index is 543. The van der Waals surface area contributed by atoms with Gasteiger partial charge in [-0.15, -0.1) is 0 Å². The second-order valence-corrected chi connectivity index (χ2v) is 6.86. The quantitative estimate of drug-likeness (QED) is 0.558. The lowest BCUT2D eigenvalue weighted by molar-refractivity contribution is -0.131. The van der Waals surface area contributed by atoms with Crippen molar-refractivity contribution in [2.75, 3.05) is 13.1 Å². The SMILES string of the molecule is CCCNC(=O)C(C)NC(=O)CCCN1C(=O)NC2(CCCC2)C1=O. The van der Waals surface area contributed by atoms with Gasteiger partial charge < -0.3 is 16.0 Å². The maximum Gasteiger partial charge on any atom is 0.325 e. The smallest absolute Gasteiger partial charge is 0.325 e. The molecule has 0 aromatic carbocycles. The first-order valence-electron chi connectivity index (χ1n) is 9.11. The summed E-state index contributed by atoms with van der Waals surface area (Å²) in [4.78, 5) is 49.4. The molecule has 0 aromatic rings. The van der Waals surface area contributed by atoms with Gasteiger partial charge in [-0.25, -0.2) is 4.79 Å². The largest absolute Gasteiger partial charge is 0.354 e. The fraction of sp³-hybridized carbons (Fsp3) is 0.765. The van der Waals surface area contributed by atoms with Crippen LogP contribution in [0.1, 0.15) is 58.8 Å². The van der Waals surface area contributed by atoms with Gasteiger partial charge in [0.1, 0.15) is 11.6 Å². The second-order valence-electron chi connectivity index (χ2n) is 6.86. The van der Waals surface area contributed by atoms with Crippen LogP contribution in [0.5, 0.6) is 0 Å². The Morgan fingerprint density at radius 2 is 1.96 bits per heavy atom. The van der Waals surface area contributed by atoms with Gasteiger partial charge in [0, 0.05) is 19.5 Å². The molecule has 3 N–H and O–H groups in total. The van der Waals surface area contributed by atoms with E-state index in [1.807, 2.05) is 6.92 Å². The van der Waals surface area contributed by atoms with E-state index in [-0.39, 0.29) is 36.7 Å². The number of carbonyl (C=O) groups excluding carboxylic acids is 4. The number of hydrogen-bond acceptors (Lipinski definition) is 4. The van der Waals surface area contributed by atoms with Crippen molar-refractivity contribution in [3.8, 4) is 0 Å². The van der Waals surface area contributed by atoms with Crippen molar-refractivity contribution in [3.63, 3.8) is 0 Å². The van der Waals surface area contributed by atoms with Crippen molar-refractivity contribution in [3.05, 3.63) is 0 Å². The van der Waals surface area contributed by atoms with Crippen LogP contribution < -0.4 is 16.0 Å². The molecular formula is C17H28N4O4. The number of nitrogens with zero attached hydrogens (tertiary/aromatic N) is 1. The van der Waals surface area contributed by atoms with E-state index in [2.05, 4.69) is 16.0 Å². The molecule has 1 aliphatic heterocycles. The Morgan fingerprint density at radius 3 is 2.60 bits per heavy atom. The van der Waals surface area contributed by atoms with Gasteiger partial charge in [0.15, 0.2) is 0 Å². The summed E-state index contributed by atoms with van der Waals surface area (Å²) in [6.45, 7) is 4.38. The van der Waals surface area contributed by atoms with E-state index in [9.17, 15) is 19.2 Å². The summed E-state index contributed by atoms with van der Waals surface area (Å²) < 4.78 is 0. The predicted molar refractivity (Wildman–Crippen MR) is 91.6 cm³/mol. The third-order valence-electron chi connectivity index (χ3n) is 4.81. The van der Waals surface area contributed by atoms with Crippen LogP contribution in [0.2, 0.25) is 0 Å². The highest BCUT2D eigenvalue weighted by Crippen LogP contribution is 2.35. The Morgan fingerprint density at radius 1 is 1.28 bits per heavy atom. The minimum Gasteiger partial charge on any atom is -0.354 e. The van der Waals surface area contributed by atoms with Gasteiger partial charge in [-0.1, -0.05) is 19.8 Å². The Balaban J connectivity index is 1.73. The standard InChI is InChI=1S/C17H28N4O4/c1-3-10-18-14(23)12(2)19-13(22)7-6-11-21-15(24)17(20-16(21)25)8-4-5-9-17/h12H,3-11H2,1-2H3,(H,18,23)(H,19,22)(H,20,25). The zero-order valence-corrected chi connectivity index (χ0v) is 15.0. The molecule has 2 rings (SSSR count). The summed E-state index contributed by atoms with van der Waals surface area (Å²) in [5.74, 6) is -0.642. The molecule has 2 fully saturated rings. The lowest BCUT2D eigenvalue weighted by atomic mass is 9.98. The monoisotopic (exact) mass is 352 g/mol. The van der Waals surface area contributed by atoms with Gasteiger partial charge in [-0.05, 0) is 32.6 Å². The summed E-state index contributed by atoms with van der Waals surface area (Å²) in [6, 6.07) is -0.961. The molecule has 1 unspecified atom stereocenters. The lowest BCUT2D eigenvalue weighted by Crippen LogP contribution is -2.45. The molecule has 1 aliphatic carbocycles. The van der Waals surface area contributed by atoms with E-state index in [1.165, 1.54) is 4.90 Å². The first kappa shape index (κ1) is 19.2. The summed E-state index contributed by atoms with van der Waals surface area (Å²) >= 11 is 0. The van der Waals surface area contributed by atoms with Crippen LogP contribution in [0, 0.1) is 0 Å². The summed E-state index contributed by atoms with van der Waals surface area (Å²) in [7, 11) is 0. The molecule has 140 valence electrons. The third-order valence-corrected chi connectivity index (χ3v) is 4.81. The average Bonchev–Trinajstić information content (AvgIpc) is 3.13. The number of urea groups is 1. The molecule has 0 aromatic heterocycles. The third kappa shape index (κ3) is 4.49. The molecule has 0 bridgehead atoms. The molecular weight excluding hydrogens is 324 g/mol. The van der Waals surface area contributed by atoms with Gasteiger partial charge in [0.25, 0.3) is 5.91 Å². The maximum atomic E-state index is 12.5. The predicted octanol–water partition coefficient (Wildman–Crippen LogP) is 0.662. The zero-order valence-electron chi connectivity index (χ0n) is 15.0. The molecule has 8 heteroatoms. The average molecular weight is 352 g/mol. The molecule has 1 atom stereocenters. The number of imide groups is 1. The molecule has 1 saturated heterocycles. The minimum atomic E-state index is -0.703. The van der Waals surface area contributed by atoms with Gasteiger partial charge in [0.2, 0.25) is 11.8 Å². The fourth-order valence-electron chi connectivity index (χ4n) is 3.37. The van der Waals surface area contributed by atoms with Crippen LogP contribution in [0.4, 0.5) is 4.79 Å². The van der Waals surface area contributed by atoms with Crippen molar-refractivity contribution < 1.29 is 19.2 Å². The Kier molecular flexibility index (Phi) is 6.39. The van der Waals surface area contributed by atoms with Crippen molar-refractivity contribution in [2.24, 2.45) is 0 Å². The normalized spacial score (nSPS) is 19.8. The second kappa shape index (κ2) is 8.31. The molecule has 1 saturated carbocycles. The molecule has 5 amide bonds. The van der Waals surface area contributed by atoms with Crippen molar-refractivity contribution >= 4 is 23.8 Å². The fourth-order valence-corrected chi connectivity index (χ4v) is 3.37. The number of rotatable bonds is 8. The highest BCUT2D eigenvalue weighted by Gasteiger charge is 2.51. The molecule has 8 nitrogen and oxygen atoms in total. The topological polar surface area (TPSA) is 108 Å². The number of amides is 5. The molecule has 1 spiro atoms. The van der Waals surface area contributed by atoms with Crippen LogP contribution >= 0.6 is 0 Å². The number of carbonyl (C=O) groups is 4. The summed E-state index contributed by atoms with van der Waals surface area (Å²) in [6.07, 6.45) is 4.65. The van der Waals surface area contributed by atoms with E-state index in [0.29, 0.717) is 25.8 Å². The number of nitrogens with one attached hydrogen (secondary N) is 3. The van der Waals surface area contributed by atoms with Crippen LogP contribution in [-0.4, -0.2) is 53.3 Å². The summed E-state index contributed by atoms with van der Waals surface area (Å²) in [5.41, 5.74) is -0.703. The molecule has 2 aliphatic rings. The van der Waals surface area contributed by atoms with E-state index in [4.69, 9.17) is 0 Å². The minimum absolute atomic E-state index is 0.162. The zero-order chi connectivity index (χ0) is 18.4. The molecule has 0 radical (unpaired) electrons. The van der Waals surface area contributed by atoms with Gasteiger partial charge in [-0.2, -0.15) is 0 Å². The Labute approximate surface area is 148 Å². The first-order chi connectivity index (χ1) is 11.9. The first-order valence-corrected chi connectivity index (χ1v) is 9.11. The van der Waals surface area contributed by atoms with Crippen LogP contribution in [0.3, 0.4) is 0 Å². The van der Waals surface area contributed by atoms with Crippen molar-refractivity contribution in [1.82, 2.24) is 20.9 Å². The van der Waals surface area contributed by atoms with E-state index >= 15 is 0 Å². The van der Waals surface area contributed by atoms with Gasteiger partial charge in [0.05, 0.1) is 0 Å². The van der Waals surface area contributed by atoms with Crippen LogP contribution in [0.25, 0.3) is 0 Å². The van der Waals surface area contributed by atoms with Crippen molar-refractivity contribution in [1.29, 1.82) is 0 Å². The highest BCUT2D eigenvalue weighted by atomic mass is 16.2. The van der Waals surface area contributed by atoms with Crippen LogP contribution in [0.15, 0.2) is 0 Å². The van der Waals surface area contributed by atoms with E-state index in [1.54, 1.807) is 6.92 Å².